The Kier molecular flexibility index (Phi) is 3.06. The molecule has 0 aliphatic carbocycles. The molecule has 1 unspecified atom stereocenters. The average molecular weight is 269 g/mol. The molecule has 1 aliphatic rings. The molecule has 0 saturated carbocycles. The Morgan fingerprint density at radius 2 is 2.17 bits per heavy atom. The number of amides is 1. The van der Waals surface area contributed by atoms with Crippen LogP contribution in [0.4, 0.5) is 0 Å². The molecule has 1 heterocycles. The van der Waals surface area contributed by atoms with Crippen molar-refractivity contribution >= 4 is 15.7 Å². The van der Waals surface area contributed by atoms with Crippen LogP contribution in [-0.4, -0.2) is 36.5 Å². The van der Waals surface area contributed by atoms with E-state index in [1.165, 1.54) is 12.1 Å². The molecule has 1 aliphatic heterocycles. The third-order valence-corrected chi connectivity index (χ3v) is 4.93. The maximum Gasteiger partial charge on any atom is 0.251 e. The van der Waals surface area contributed by atoms with Crippen molar-refractivity contribution < 1.29 is 18.3 Å². The van der Waals surface area contributed by atoms with Crippen LogP contribution in [0, 0.1) is 0 Å². The molecule has 1 saturated heterocycles. The van der Waals surface area contributed by atoms with E-state index in [0.29, 0.717) is 12.0 Å². The molecule has 1 aromatic carbocycles. The van der Waals surface area contributed by atoms with E-state index in [1.54, 1.807) is 19.1 Å². The van der Waals surface area contributed by atoms with Gasteiger partial charge < -0.3 is 10.4 Å². The van der Waals surface area contributed by atoms with E-state index in [9.17, 15) is 18.3 Å². The van der Waals surface area contributed by atoms with Crippen LogP contribution in [0.5, 0.6) is 5.75 Å². The van der Waals surface area contributed by atoms with Gasteiger partial charge in [-0.1, -0.05) is 6.07 Å². The van der Waals surface area contributed by atoms with Gasteiger partial charge in [0.15, 0.2) is 9.84 Å². The van der Waals surface area contributed by atoms with E-state index in [-0.39, 0.29) is 23.2 Å². The highest BCUT2D eigenvalue weighted by molar-refractivity contribution is 7.91. The van der Waals surface area contributed by atoms with Gasteiger partial charge >= 0.3 is 0 Å². The number of benzene rings is 1. The molecule has 1 fully saturated rings. The minimum absolute atomic E-state index is 0.00634. The zero-order valence-electron chi connectivity index (χ0n) is 10.0. The van der Waals surface area contributed by atoms with Crippen molar-refractivity contribution in [3.8, 4) is 5.75 Å². The van der Waals surface area contributed by atoms with Crippen LogP contribution >= 0.6 is 0 Å². The Bertz CT molecular complexity index is 581. The fourth-order valence-corrected chi connectivity index (χ4v) is 4.20. The van der Waals surface area contributed by atoms with Gasteiger partial charge in [-0.2, -0.15) is 0 Å². The normalized spacial score (nSPS) is 25.8. The van der Waals surface area contributed by atoms with Crippen LogP contribution in [0.25, 0.3) is 0 Å². The summed E-state index contributed by atoms with van der Waals surface area (Å²) in [5.74, 6) is -0.300. The summed E-state index contributed by atoms with van der Waals surface area (Å²) in [7, 11) is -3.05. The van der Waals surface area contributed by atoms with Gasteiger partial charge in [0.25, 0.3) is 5.91 Å². The number of hydrogen-bond acceptors (Lipinski definition) is 4. The second-order valence-electron chi connectivity index (χ2n) is 4.91. The number of carbonyl (C=O) groups excluding carboxylic acids is 1. The molecule has 1 amide bonds. The summed E-state index contributed by atoms with van der Waals surface area (Å²) >= 11 is 0. The largest absolute Gasteiger partial charge is 0.508 e. The van der Waals surface area contributed by atoms with Gasteiger partial charge in [0.2, 0.25) is 0 Å². The molecule has 2 rings (SSSR count). The van der Waals surface area contributed by atoms with E-state index in [1.807, 2.05) is 0 Å². The molecule has 0 bridgehead atoms. The summed E-state index contributed by atoms with van der Waals surface area (Å²) in [6.07, 6.45) is 0.417. The van der Waals surface area contributed by atoms with Crippen LogP contribution in [0.2, 0.25) is 0 Å². The highest BCUT2D eigenvalue weighted by Crippen LogP contribution is 2.23. The Hall–Kier alpha value is -1.56. The predicted molar refractivity (Wildman–Crippen MR) is 67.2 cm³/mol. The monoisotopic (exact) mass is 269 g/mol. The molecule has 5 nitrogen and oxygen atoms in total. The van der Waals surface area contributed by atoms with Gasteiger partial charge in [0.1, 0.15) is 5.75 Å². The molecular formula is C12H15NO4S. The Labute approximate surface area is 106 Å². The van der Waals surface area contributed by atoms with Crippen molar-refractivity contribution in [2.45, 2.75) is 18.9 Å². The number of hydrogen-bond donors (Lipinski definition) is 2. The van der Waals surface area contributed by atoms with E-state index in [0.717, 1.165) is 0 Å². The molecule has 1 aromatic rings. The number of nitrogens with one attached hydrogen (secondary N) is 1. The number of rotatable bonds is 2. The van der Waals surface area contributed by atoms with Crippen molar-refractivity contribution in [1.82, 2.24) is 5.32 Å². The van der Waals surface area contributed by atoms with Gasteiger partial charge in [-0.05, 0) is 31.5 Å². The second-order valence-corrected chi connectivity index (χ2v) is 7.09. The summed E-state index contributed by atoms with van der Waals surface area (Å²) in [6, 6.07) is 5.96. The van der Waals surface area contributed by atoms with E-state index >= 15 is 0 Å². The summed E-state index contributed by atoms with van der Waals surface area (Å²) in [4.78, 5) is 12.0. The molecule has 2 N–H and O–H groups in total. The summed E-state index contributed by atoms with van der Waals surface area (Å²) < 4.78 is 22.9. The number of phenolic OH excluding ortho intramolecular Hbond substituents is 1. The lowest BCUT2D eigenvalue weighted by molar-refractivity contribution is 0.0915. The summed E-state index contributed by atoms with van der Waals surface area (Å²) in [6.45, 7) is 1.72. The summed E-state index contributed by atoms with van der Waals surface area (Å²) in [5.41, 5.74) is -0.401. The van der Waals surface area contributed by atoms with Gasteiger partial charge in [-0.25, -0.2) is 8.42 Å². The minimum atomic E-state index is -3.05. The van der Waals surface area contributed by atoms with Crippen molar-refractivity contribution in [3.05, 3.63) is 29.8 Å². The maximum absolute atomic E-state index is 12.0. The van der Waals surface area contributed by atoms with E-state index in [2.05, 4.69) is 5.32 Å². The van der Waals surface area contributed by atoms with Crippen molar-refractivity contribution in [2.24, 2.45) is 0 Å². The van der Waals surface area contributed by atoms with Gasteiger partial charge in [-0.15, -0.1) is 0 Å². The van der Waals surface area contributed by atoms with Gasteiger partial charge in [0, 0.05) is 5.56 Å². The molecule has 0 aromatic heterocycles. The fraction of sp³-hybridized carbons (Fsp3) is 0.417. The number of phenols is 1. The molecule has 0 radical (unpaired) electrons. The van der Waals surface area contributed by atoms with Crippen LogP contribution < -0.4 is 5.32 Å². The molecular weight excluding hydrogens is 254 g/mol. The highest BCUT2D eigenvalue weighted by atomic mass is 32.2. The zero-order valence-corrected chi connectivity index (χ0v) is 10.8. The third-order valence-electron chi connectivity index (χ3n) is 3.03. The lowest BCUT2D eigenvalue weighted by Crippen LogP contribution is -2.46. The Morgan fingerprint density at radius 3 is 2.72 bits per heavy atom. The molecule has 98 valence electrons. The lowest BCUT2D eigenvalue weighted by Gasteiger charge is -2.23. The van der Waals surface area contributed by atoms with Gasteiger partial charge in [-0.3, -0.25) is 4.79 Å². The molecule has 6 heteroatoms. The number of aromatic hydroxyl groups is 1. The Balaban J connectivity index is 2.13. The third kappa shape index (κ3) is 2.81. The van der Waals surface area contributed by atoms with Crippen LogP contribution in [0.1, 0.15) is 23.7 Å². The highest BCUT2D eigenvalue weighted by Gasteiger charge is 2.39. The fourth-order valence-electron chi connectivity index (χ4n) is 2.10. The first-order valence-electron chi connectivity index (χ1n) is 5.62. The van der Waals surface area contributed by atoms with Crippen LogP contribution in [0.3, 0.4) is 0 Å². The lowest BCUT2D eigenvalue weighted by atomic mass is 10.0. The SMILES string of the molecule is CC1(NC(=O)c2cccc(O)c2)CCS(=O)(=O)C1. The van der Waals surface area contributed by atoms with E-state index < -0.39 is 15.4 Å². The second kappa shape index (κ2) is 4.28. The molecule has 18 heavy (non-hydrogen) atoms. The Morgan fingerprint density at radius 1 is 1.44 bits per heavy atom. The maximum atomic E-state index is 12.0. The first-order chi connectivity index (χ1) is 8.30. The van der Waals surface area contributed by atoms with E-state index in [4.69, 9.17) is 0 Å². The standard InChI is InChI=1S/C12H15NO4S/c1-12(5-6-18(16,17)8-12)13-11(15)9-3-2-4-10(14)7-9/h2-4,7,14H,5-6,8H2,1H3,(H,13,15). The van der Waals surface area contributed by atoms with Crippen LogP contribution in [-0.2, 0) is 9.84 Å². The zero-order chi connectivity index (χ0) is 13.4. The number of carbonyl (C=O) groups is 1. The predicted octanol–water partition coefficient (Wildman–Crippen LogP) is 0.699. The average Bonchev–Trinajstić information content (AvgIpc) is 2.52. The topological polar surface area (TPSA) is 83.5 Å². The molecule has 0 spiro atoms. The smallest absolute Gasteiger partial charge is 0.251 e. The van der Waals surface area contributed by atoms with Crippen LogP contribution in [0.15, 0.2) is 24.3 Å². The quantitative estimate of drug-likeness (QED) is 0.827. The number of sulfone groups is 1. The minimum Gasteiger partial charge on any atom is -0.508 e. The first-order valence-corrected chi connectivity index (χ1v) is 7.44. The van der Waals surface area contributed by atoms with Crippen molar-refractivity contribution in [2.75, 3.05) is 11.5 Å². The molecule has 1 atom stereocenters. The van der Waals surface area contributed by atoms with Gasteiger partial charge in [0.05, 0.1) is 17.0 Å². The summed E-state index contributed by atoms with van der Waals surface area (Å²) in [5, 5.41) is 12.0. The first kappa shape index (κ1) is 12.9. The van der Waals surface area contributed by atoms with Crippen molar-refractivity contribution in [3.63, 3.8) is 0 Å². The van der Waals surface area contributed by atoms with Crippen molar-refractivity contribution in [1.29, 1.82) is 0 Å².